The van der Waals surface area contributed by atoms with Gasteiger partial charge in [0.05, 0.1) is 0 Å². The molecule has 1 aliphatic carbocycles. The van der Waals surface area contributed by atoms with Crippen molar-refractivity contribution in [1.29, 1.82) is 0 Å². The quantitative estimate of drug-likeness (QED) is 0.613. The van der Waals surface area contributed by atoms with Gasteiger partial charge in [0.1, 0.15) is 0 Å². The molecule has 0 N–H and O–H groups in total. The maximum Gasteiger partial charge on any atom is 0.0483 e. The summed E-state index contributed by atoms with van der Waals surface area (Å²) in [4.78, 5) is 0. The molecule has 19 heavy (non-hydrogen) atoms. The molecule has 0 atom stereocenters. The Morgan fingerprint density at radius 2 is 1.58 bits per heavy atom. The number of fused-ring (bicyclic) bond motifs is 1. The van der Waals surface area contributed by atoms with E-state index in [-0.39, 0.29) is 5.41 Å². The van der Waals surface area contributed by atoms with Crippen molar-refractivity contribution >= 4 is 14.1 Å². The molecule has 1 aromatic carbocycles. The fourth-order valence-corrected chi connectivity index (χ4v) is 5.17. The summed E-state index contributed by atoms with van der Waals surface area (Å²) < 4.78 is 0. The van der Waals surface area contributed by atoms with Crippen molar-refractivity contribution in [2.24, 2.45) is 0 Å². The molecule has 0 aliphatic heterocycles. The van der Waals surface area contributed by atoms with Crippen molar-refractivity contribution < 1.29 is 0 Å². The van der Waals surface area contributed by atoms with Crippen LogP contribution in [0.1, 0.15) is 41.7 Å². The van der Waals surface area contributed by atoms with E-state index in [4.69, 9.17) is 0 Å². The van der Waals surface area contributed by atoms with Gasteiger partial charge in [0.25, 0.3) is 0 Å². The van der Waals surface area contributed by atoms with Crippen LogP contribution in [-0.4, -0.2) is 8.07 Å². The second-order valence-electron chi connectivity index (χ2n) is 7.96. The maximum absolute atomic E-state index is 2.50. The van der Waals surface area contributed by atoms with Crippen LogP contribution in [0.5, 0.6) is 0 Å². The molecule has 2 rings (SSSR count). The summed E-state index contributed by atoms with van der Waals surface area (Å²) in [5.41, 5.74) is 9.32. The Bertz CT molecular complexity index is 554. The van der Waals surface area contributed by atoms with Gasteiger partial charge in [0.15, 0.2) is 0 Å². The molecule has 0 nitrogen and oxygen atoms in total. The lowest BCUT2D eigenvalue weighted by molar-refractivity contribution is 0.632. The number of benzene rings is 1. The Balaban J connectivity index is 2.60. The topological polar surface area (TPSA) is 0 Å². The summed E-state index contributed by atoms with van der Waals surface area (Å²) in [7, 11) is -1.07. The molecule has 104 valence electrons. The van der Waals surface area contributed by atoms with Gasteiger partial charge in [-0.3, -0.25) is 0 Å². The van der Waals surface area contributed by atoms with Crippen LogP contribution in [0.2, 0.25) is 25.7 Å². The first-order valence-electron chi connectivity index (χ1n) is 7.36. The average Bonchev–Trinajstić information content (AvgIpc) is 2.46. The van der Waals surface area contributed by atoms with E-state index in [0.717, 1.165) is 0 Å². The second kappa shape index (κ2) is 4.34. The van der Waals surface area contributed by atoms with Crippen LogP contribution < -0.4 is 0 Å². The minimum absolute atomic E-state index is 0.220. The van der Waals surface area contributed by atoms with Crippen molar-refractivity contribution in [2.75, 3.05) is 0 Å². The van der Waals surface area contributed by atoms with Crippen LogP contribution in [-0.2, 0) is 5.41 Å². The standard InChI is InChI=1S/C18H28Si/c1-12-9-13(2)17-16(14(12)3)10-15(18(17,4)5)11-19(6,7)8/h9-10H,11H2,1-8H3. The number of aryl methyl sites for hydroxylation is 2. The fourth-order valence-electron chi connectivity index (χ4n) is 3.49. The predicted molar refractivity (Wildman–Crippen MR) is 89.8 cm³/mol. The highest BCUT2D eigenvalue weighted by molar-refractivity contribution is 6.76. The SMILES string of the molecule is Cc1cc(C)c2c(c1C)C=C(C[Si](C)(C)C)C2(C)C. The maximum atomic E-state index is 2.50. The fraction of sp³-hybridized carbons (Fsp3) is 0.556. The van der Waals surface area contributed by atoms with Crippen LogP contribution in [0.25, 0.3) is 6.08 Å². The molecule has 0 saturated carbocycles. The van der Waals surface area contributed by atoms with Crippen molar-refractivity contribution in [3.05, 3.63) is 39.5 Å². The molecule has 0 spiro atoms. The molecule has 0 amide bonds. The molecule has 1 aliphatic rings. The van der Waals surface area contributed by atoms with E-state index in [2.05, 4.69) is 66.4 Å². The molecular weight excluding hydrogens is 244 g/mol. The van der Waals surface area contributed by atoms with E-state index in [0.29, 0.717) is 0 Å². The third-order valence-corrected chi connectivity index (χ3v) is 6.00. The summed E-state index contributed by atoms with van der Waals surface area (Å²) in [6.45, 7) is 19.0. The predicted octanol–water partition coefficient (Wildman–Crippen LogP) is 5.62. The summed E-state index contributed by atoms with van der Waals surface area (Å²) in [5.74, 6) is 0. The summed E-state index contributed by atoms with van der Waals surface area (Å²) >= 11 is 0. The normalized spacial score (nSPS) is 17.4. The Kier molecular flexibility index (Phi) is 3.33. The van der Waals surface area contributed by atoms with Crippen molar-refractivity contribution in [1.82, 2.24) is 0 Å². The zero-order valence-corrected chi connectivity index (χ0v) is 14.9. The Morgan fingerprint density at radius 3 is 2.11 bits per heavy atom. The van der Waals surface area contributed by atoms with Gasteiger partial charge in [-0.25, -0.2) is 0 Å². The van der Waals surface area contributed by atoms with E-state index in [1.165, 1.54) is 28.3 Å². The molecule has 0 heterocycles. The minimum atomic E-state index is -1.07. The smallest absolute Gasteiger partial charge is 0.0483 e. The molecule has 0 aromatic heterocycles. The third kappa shape index (κ3) is 2.45. The van der Waals surface area contributed by atoms with Gasteiger partial charge >= 0.3 is 0 Å². The first-order chi connectivity index (χ1) is 8.54. The highest BCUT2D eigenvalue weighted by Crippen LogP contribution is 2.47. The van der Waals surface area contributed by atoms with Crippen molar-refractivity contribution in [3.63, 3.8) is 0 Å². The molecule has 0 saturated heterocycles. The van der Waals surface area contributed by atoms with E-state index in [1.54, 1.807) is 11.1 Å². The number of rotatable bonds is 2. The van der Waals surface area contributed by atoms with Gasteiger partial charge in [0.2, 0.25) is 0 Å². The number of hydrogen-bond donors (Lipinski definition) is 0. The highest BCUT2D eigenvalue weighted by atomic mass is 28.3. The van der Waals surface area contributed by atoms with Crippen molar-refractivity contribution in [3.8, 4) is 0 Å². The first kappa shape index (κ1) is 14.6. The average molecular weight is 273 g/mol. The third-order valence-electron chi connectivity index (χ3n) is 4.56. The van der Waals surface area contributed by atoms with Crippen LogP contribution in [0.4, 0.5) is 0 Å². The van der Waals surface area contributed by atoms with Gasteiger partial charge < -0.3 is 0 Å². The molecular formula is C18H28Si. The Hall–Kier alpha value is -0.823. The lowest BCUT2D eigenvalue weighted by Gasteiger charge is -2.30. The molecule has 1 aromatic rings. The Morgan fingerprint density at radius 1 is 1.00 bits per heavy atom. The number of allylic oxidation sites excluding steroid dienone is 1. The van der Waals surface area contributed by atoms with Crippen LogP contribution in [0, 0.1) is 20.8 Å². The largest absolute Gasteiger partial charge is 0.0693 e. The summed E-state index contributed by atoms with van der Waals surface area (Å²) in [5, 5.41) is 0. The Labute approximate surface area is 119 Å². The zero-order valence-electron chi connectivity index (χ0n) is 13.9. The molecule has 0 radical (unpaired) electrons. The van der Waals surface area contributed by atoms with E-state index in [1.807, 2.05) is 0 Å². The van der Waals surface area contributed by atoms with E-state index < -0.39 is 8.07 Å². The summed E-state index contributed by atoms with van der Waals surface area (Å²) in [6, 6.07) is 3.67. The van der Waals surface area contributed by atoms with E-state index >= 15 is 0 Å². The van der Waals surface area contributed by atoms with Gasteiger partial charge in [-0.05, 0) is 54.6 Å². The van der Waals surface area contributed by atoms with Gasteiger partial charge in [-0.2, -0.15) is 0 Å². The minimum Gasteiger partial charge on any atom is -0.0693 e. The first-order valence-corrected chi connectivity index (χ1v) is 11.1. The molecule has 0 fully saturated rings. The van der Waals surface area contributed by atoms with Gasteiger partial charge in [-0.1, -0.05) is 51.2 Å². The van der Waals surface area contributed by atoms with Crippen LogP contribution in [0.15, 0.2) is 11.6 Å². The molecule has 0 bridgehead atoms. The van der Waals surface area contributed by atoms with Crippen LogP contribution in [0.3, 0.4) is 0 Å². The van der Waals surface area contributed by atoms with Gasteiger partial charge in [0, 0.05) is 13.5 Å². The van der Waals surface area contributed by atoms with Gasteiger partial charge in [-0.15, -0.1) is 0 Å². The van der Waals surface area contributed by atoms with Crippen molar-refractivity contribution in [2.45, 2.75) is 65.7 Å². The van der Waals surface area contributed by atoms with Crippen LogP contribution >= 0.6 is 0 Å². The molecule has 0 unspecified atom stereocenters. The number of hydrogen-bond acceptors (Lipinski definition) is 0. The lowest BCUT2D eigenvalue weighted by Crippen LogP contribution is -2.27. The summed E-state index contributed by atoms with van der Waals surface area (Å²) in [6.07, 6.45) is 2.50. The second-order valence-corrected chi connectivity index (χ2v) is 13.4. The zero-order chi connectivity index (χ0) is 14.6. The lowest BCUT2D eigenvalue weighted by atomic mass is 9.78. The highest BCUT2D eigenvalue weighted by Gasteiger charge is 2.36. The van der Waals surface area contributed by atoms with E-state index in [9.17, 15) is 0 Å². The monoisotopic (exact) mass is 272 g/mol. The molecule has 1 heteroatoms.